The summed E-state index contributed by atoms with van der Waals surface area (Å²) in [7, 11) is 0. The van der Waals surface area contributed by atoms with E-state index in [9.17, 15) is 0 Å². The molecule has 5 heteroatoms. The van der Waals surface area contributed by atoms with Crippen molar-refractivity contribution in [3.8, 4) is 5.75 Å². The first kappa shape index (κ1) is 12.2. The van der Waals surface area contributed by atoms with Crippen LogP contribution in [0.15, 0.2) is 34.1 Å². The molecule has 0 N–H and O–H groups in total. The summed E-state index contributed by atoms with van der Waals surface area (Å²) in [5.41, 5.74) is 0. The second-order valence-electron chi connectivity index (χ2n) is 3.06. The second-order valence-corrected chi connectivity index (χ2v) is 5.73. The van der Waals surface area contributed by atoms with Gasteiger partial charge in [-0.05, 0) is 39.5 Å². The zero-order chi connectivity index (χ0) is 11.5. The molecule has 0 saturated heterocycles. The Balaban J connectivity index is 2.05. The van der Waals surface area contributed by atoms with Gasteiger partial charge in [-0.3, -0.25) is 0 Å². The number of hydrogen-bond acceptors (Lipinski definition) is 2. The minimum Gasteiger partial charge on any atom is -0.488 e. The Morgan fingerprint density at radius 2 is 2.00 bits per heavy atom. The SMILES string of the molecule is Clc1ccc(OCc2sccc2Br)cc1Cl. The zero-order valence-corrected chi connectivity index (χ0v) is 12.0. The van der Waals surface area contributed by atoms with E-state index in [-0.39, 0.29) is 0 Å². The summed E-state index contributed by atoms with van der Waals surface area (Å²) in [5, 5.41) is 3.05. The van der Waals surface area contributed by atoms with Crippen LogP contribution in [-0.4, -0.2) is 0 Å². The number of hydrogen-bond donors (Lipinski definition) is 0. The lowest BCUT2D eigenvalue weighted by molar-refractivity contribution is 0.309. The molecule has 16 heavy (non-hydrogen) atoms. The van der Waals surface area contributed by atoms with Crippen LogP contribution in [0.5, 0.6) is 5.75 Å². The van der Waals surface area contributed by atoms with Gasteiger partial charge in [-0.1, -0.05) is 23.2 Å². The minimum absolute atomic E-state index is 0.504. The van der Waals surface area contributed by atoms with Crippen LogP contribution in [0.1, 0.15) is 4.88 Å². The molecule has 0 atom stereocenters. The van der Waals surface area contributed by atoms with Gasteiger partial charge in [0.2, 0.25) is 0 Å². The molecular weight excluding hydrogens is 331 g/mol. The van der Waals surface area contributed by atoms with Crippen molar-refractivity contribution in [2.24, 2.45) is 0 Å². The normalized spacial score (nSPS) is 10.4. The molecule has 1 heterocycles. The molecule has 0 unspecified atom stereocenters. The quantitative estimate of drug-likeness (QED) is 0.728. The van der Waals surface area contributed by atoms with Crippen molar-refractivity contribution in [3.63, 3.8) is 0 Å². The summed E-state index contributed by atoms with van der Waals surface area (Å²) in [4.78, 5) is 1.14. The fraction of sp³-hybridized carbons (Fsp3) is 0.0909. The van der Waals surface area contributed by atoms with Crippen LogP contribution in [0.25, 0.3) is 0 Å². The fourth-order valence-electron chi connectivity index (χ4n) is 1.14. The van der Waals surface area contributed by atoms with Crippen molar-refractivity contribution < 1.29 is 4.74 Å². The Hall–Kier alpha value is -0.220. The van der Waals surface area contributed by atoms with Gasteiger partial charge in [-0.25, -0.2) is 0 Å². The first-order valence-corrected chi connectivity index (χ1v) is 6.89. The summed E-state index contributed by atoms with van der Waals surface area (Å²) < 4.78 is 6.67. The molecule has 0 radical (unpaired) electrons. The van der Waals surface area contributed by atoms with Gasteiger partial charge in [0.25, 0.3) is 0 Å². The van der Waals surface area contributed by atoms with Gasteiger partial charge in [0, 0.05) is 10.5 Å². The van der Waals surface area contributed by atoms with Crippen LogP contribution in [0.4, 0.5) is 0 Å². The molecule has 2 aromatic rings. The van der Waals surface area contributed by atoms with Crippen LogP contribution in [0.2, 0.25) is 10.0 Å². The third-order valence-corrected chi connectivity index (χ3v) is 4.59. The van der Waals surface area contributed by atoms with Gasteiger partial charge in [0.15, 0.2) is 0 Å². The van der Waals surface area contributed by atoms with E-state index in [1.54, 1.807) is 29.5 Å². The van der Waals surface area contributed by atoms with E-state index in [0.717, 1.165) is 15.1 Å². The second kappa shape index (κ2) is 5.41. The third kappa shape index (κ3) is 2.92. The molecule has 0 aliphatic heterocycles. The molecule has 0 aliphatic carbocycles. The van der Waals surface area contributed by atoms with E-state index in [0.29, 0.717) is 16.7 Å². The molecule has 2 rings (SSSR count). The Kier molecular flexibility index (Phi) is 4.14. The zero-order valence-electron chi connectivity index (χ0n) is 8.04. The van der Waals surface area contributed by atoms with Gasteiger partial charge >= 0.3 is 0 Å². The molecule has 1 aromatic heterocycles. The Labute approximate surface area is 116 Å². The highest BCUT2D eigenvalue weighted by atomic mass is 79.9. The van der Waals surface area contributed by atoms with E-state index in [2.05, 4.69) is 15.9 Å². The molecule has 0 bridgehead atoms. The van der Waals surface area contributed by atoms with Crippen LogP contribution in [0.3, 0.4) is 0 Å². The standard InChI is InChI=1S/C11H7BrCl2OS/c12-8-3-4-16-11(8)6-15-7-1-2-9(13)10(14)5-7/h1-5H,6H2. The smallest absolute Gasteiger partial charge is 0.124 e. The number of rotatable bonds is 3. The van der Waals surface area contributed by atoms with E-state index in [1.165, 1.54) is 0 Å². The van der Waals surface area contributed by atoms with Crippen molar-refractivity contribution in [2.45, 2.75) is 6.61 Å². The minimum atomic E-state index is 0.504. The average Bonchev–Trinajstić information content (AvgIpc) is 2.66. The highest BCUT2D eigenvalue weighted by molar-refractivity contribution is 9.10. The molecule has 0 saturated carbocycles. The van der Waals surface area contributed by atoms with Crippen molar-refractivity contribution in [1.82, 2.24) is 0 Å². The predicted octanol–water partition coefficient (Wildman–Crippen LogP) is 5.40. The van der Waals surface area contributed by atoms with Crippen LogP contribution in [-0.2, 0) is 6.61 Å². The van der Waals surface area contributed by atoms with Crippen molar-refractivity contribution in [3.05, 3.63) is 49.0 Å². The topological polar surface area (TPSA) is 9.23 Å². The van der Waals surface area contributed by atoms with Gasteiger partial charge in [-0.15, -0.1) is 11.3 Å². The van der Waals surface area contributed by atoms with Gasteiger partial charge in [-0.2, -0.15) is 0 Å². The summed E-state index contributed by atoms with van der Waals surface area (Å²) in [6.45, 7) is 0.524. The van der Waals surface area contributed by atoms with Crippen LogP contribution in [0, 0.1) is 0 Å². The molecule has 84 valence electrons. The number of thiophene rings is 1. The molecule has 1 aromatic carbocycles. The molecule has 1 nitrogen and oxygen atoms in total. The van der Waals surface area contributed by atoms with Crippen LogP contribution < -0.4 is 4.74 Å². The summed E-state index contributed by atoms with van der Waals surface area (Å²) in [5.74, 6) is 0.717. The Morgan fingerprint density at radius 1 is 1.19 bits per heavy atom. The lowest BCUT2D eigenvalue weighted by Gasteiger charge is -2.06. The molecular formula is C11H7BrCl2OS. The first-order valence-electron chi connectivity index (χ1n) is 4.46. The summed E-state index contributed by atoms with van der Waals surface area (Å²) >= 11 is 16.8. The summed E-state index contributed by atoms with van der Waals surface area (Å²) in [6, 6.07) is 7.24. The third-order valence-electron chi connectivity index (χ3n) is 1.95. The van der Waals surface area contributed by atoms with E-state index >= 15 is 0 Å². The van der Waals surface area contributed by atoms with E-state index in [4.69, 9.17) is 27.9 Å². The Bertz CT molecular complexity index is 498. The van der Waals surface area contributed by atoms with Crippen molar-refractivity contribution in [2.75, 3.05) is 0 Å². The van der Waals surface area contributed by atoms with Gasteiger partial charge < -0.3 is 4.74 Å². The molecule has 0 aliphatic rings. The highest BCUT2D eigenvalue weighted by Crippen LogP contribution is 2.28. The van der Waals surface area contributed by atoms with Crippen molar-refractivity contribution >= 4 is 50.5 Å². The van der Waals surface area contributed by atoms with E-state index in [1.807, 2.05) is 11.4 Å². The fourth-order valence-corrected chi connectivity index (χ4v) is 2.81. The largest absolute Gasteiger partial charge is 0.488 e. The molecule has 0 amide bonds. The predicted molar refractivity (Wildman–Crippen MR) is 72.8 cm³/mol. The maximum Gasteiger partial charge on any atom is 0.124 e. The number of benzene rings is 1. The molecule has 0 fully saturated rings. The first-order chi connectivity index (χ1) is 7.66. The maximum atomic E-state index is 5.89. The Morgan fingerprint density at radius 3 is 2.62 bits per heavy atom. The monoisotopic (exact) mass is 336 g/mol. The van der Waals surface area contributed by atoms with Crippen LogP contribution >= 0.6 is 50.5 Å². The van der Waals surface area contributed by atoms with E-state index < -0.39 is 0 Å². The van der Waals surface area contributed by atoms with Gasteiger partial charge in [0.05, 0.1) is 14.9 Å². The summed E-state index contributed by atoms with van der Waals surface area (Å²) in [6.07, 6.45) is 0. The lowest BCUT2D eigenvalue weighted by atomic mass is 10.3. The lowest BCUT2D eigenvalue weighted by Crippen LogP contribution is -1.93. The number of halogens is 3. The van der Waals surface area contributed by atoms with Crippen molar-refractivity contribution in [1.29, 1.82) is 0 Å². The average molecular weight is 338 g/mol. The molecule has 0 spiro atoms. The number of ether oxygens (including phenoxy) is 1. The maximum absolute atomic E-state index is 5.89. The van der Waals surface area contributed by atoms with Gasteiger partial charge in [0.1, 0.15) is 12.4 Å². The highest BCUT2D eigenvalue weighted by Gasteiger charge is 2.04.